The number of ether oxygens (including phenoxy) is 1. The van der Waals surface area contributed by atoms with E-state index in [9.17, 15) is 4.79 Å². The normalized spacial score (nSPS) is 15.7. The second-order valence-electron chi connectivity index (χ2n) is 5.91. The number of carbonyl (C=O) groups is 1. The van der Waals surface area contributed by atoms with Crippen molar-refractivity contribution in [1.29, 1.82) is 0 Å². The highest BCUT2D eigenvalue weighted by molar-refractivity contribution is 5.94. The monoisotopic (exact) mass is 313 g/mol. The number of methoxy groups -OCH3 is 1. The number of rotatable bonds is 4. The number of aryl methyl sites for hydroxylation is 1. The van der Waals surface area contributed by atoms with E-state index in [-0.39, 0.29) is 5.91 Å². The van der Waals surface area contributed by atoms with Crippen LogP contribution in [0.5, 0.6) is 5.75 Å². The fourth-order valence-corrected chi connectivity index (χ4v) is 2.92. The van der Waals surface area contributed by atoms with Crippen molar-refractivity contribution in [2.75, 3.05) is 33.3 Å². The van der Waals surface area contributed by atoms with Crippen LogP contribution in [0.3, 0.4) is 0 Å². The minimum Gasteiger partial charge on any atom is -0.497 e. The Bertz CT molecular complexity index is 655. The molecule has 1 aromatic carbocycles. The molecule has 0 aliphatic carbocycles. The maximum absolute atomic E-state index is 12.5. The summed E-state index contributed by atoms with van der Waals surface area (Å²) in [5.41, 5.74) is 2.03. The van der Waals surface area contributed by atoms with Gasteiger partial charge >= 0.3 is 0 Å². The number of nitrogens with zero attached hydrogens (tertiary/aromatic N) is 3. The van der Waals surface area contributed by atoms with Crippen LogP contribution in [0.15, 0.2) is 42.6 Å². The largest absolute Gasteiger partial charge is 0.497 e. The molecule has 0 N–H and O–H groups in total. The van der Waals surface area contributed by atoms with E-state index >= 15 is 0 Å². The molecule has 0 atom stereocenters. The average Bonchev–Trinajstić information content (AvgIpc) is 3.00. The van der Waals surface area contributed by atoms with Crippen molar-refractivity contribution >= 4 is 5.91 Å². The molecule has 122 valence electrons. The van der Waals surface area contributed by atoms with Gasteiger partial charge in [0, 0.05) is 57.2 Å². The standard InChI is InChI=1S/C18H23N3O2/c1-19-9-3-4-16(19)14-20-10-12-21(13-11-20)18(22)15-5-7-17(23-2)8-6-15/h3-9H,10-14H2,1-2H3. The van der Waals surface area contributed by atoms with Gasteiger partial charge in [-0.25, -0.2) is 0 Å². The molecule has 1 aliphatic heterocycles. The topological polar surface area (TPSA) is 37.7 Å². The molecular weight excluding hydrogens is 290 g/mol. The predicted octanol–water partition coefficient (Wildman–Crippen LogP) is 1.99. The second-order valence-corrected chi connectivity index (χ2v) is 5.91. The molecule has 5 heteroatoms. The molecule has 0 saturated carbocycles. The van der Waals surface area contributed by atoms with Crippen molar-refractivity contribution in [3.63, 3.8) is 0 Å². The Morgan fingerprint density at radius 3 is 2.35 bits per heavy atom. The SMILES string of the molecule is COc1ccc(C(=O)N2CCN(Cc3cccn3C)CC2)cc1. The molecule has 1 aliphatic rings. The van der Waals surface area contributed by atoms with Crippen molar-refractivity contribution in [2.45, 2.75) is 6.54 Å². The minimum absolute atomic E-state index is 0.103. The molecule has 0 spiro atoms. The molecule has 1 fully saturated rings. The number of amides is 1. The van der Waals surface area contributed by atoms with Crippen molar-refractivity contribution in [3.05, 3.63) is 53.9 Å². The molecule has 1 aromatic heterocycles. The second kappa shape index (κ2) is 6.87. The molecule has 2 heterocycles. The summed E-state index contributed by atoms with van der Waals surface area (Å²) in [5.74, 6) is 0.875. The first-order valence-electron chi connectivity index (χ1n) is 7.93. The molecule has 2 aromatic rings. The fraction of sp³-hybridized carbons (Fsp3) is 0.389. The molecular formula is C18H23N3O2. The third-order valence-corrected chi connectivity index (χ3v) is 4.43. The Kier molecular flexibility index (Phi) is 4.67. The lowest BCUT2D eigenvalue weighted by Crippen LogP contribution is -2.48. The van der Waals surface area contributed by atoms with E-state index in [4.69, 9.17) is 4.74 Å². The van der Waals surface area contributed by atoms with Crippen molar-refractivity contribution in [2.24, 2.45) is 7.05 Å². The maximum Gasteiger partial charge on any atom is 0.253 e. The molecule has 1 saturated heterocycles. The fourth-order valence-electron chi connectivity index (χ4n) is 2.92. The Morgan fingerprint density at radius 2 is 1.78 bits per heavy atom. The molecule has 1 amide bonds. The number of hydrogen-bond donors (Lipinski definition) is 0. The van der Waals surface area contributed by atoms with Gasteiger partial charge in [-0.1, -0.05) is 0 Å². The lowest BCUT2D eigenvalue weighted by molar-refractivity contribution is 0.0626. The van der Waals surface area contributed by atoms with Crippen LogP contribution in [0.25, 0.3) is 0 Å². The third kappa shape index (κ3) is 3.56. The van der Waals surface area contributed by atoms with E-state index in [1.807, 2.05) is 29.2 Å². The molecule has 0 radical (unpaired) electrons. The summed E-state index contributed by atoms with van der Waals surface area (Å²) in [4.78, 5) is 16.9. The summed E-state index contributed by atoms with van der Waals surface area (Å²) < 4.78 is 7.28. The zero-order chi connectivity index (χ0) is 16.2. The van der Waals surface area contributed by atoms with Gasteiger partial charge in [0.2, 0.25) is 0 Å². The lowest BCUT2D eigenvalue weighted by Gasteiger charge is -2.34. The Balaban J connectivity index is 1.55. The van der Waals surface area contributed by atoms with Crippen molar-refractivity contribution in [3.8, 4) is 5.75 Å². The molecule has 23 heavy (non-hydrogen) atoms. The van der Waals surface area contributed by atoms with Crippen LogP contribution in [0.2, 0.25) is 0 Å². The zero-order valence-corrected chi connectivity index (χ0v) is 13.7. The molecule has 0 unspecified atom stereocenters. The van der Waals surface area contributed by atoms with Gasteiger partial charge in [-0.3, -0.25) is 9.69 Å². The van der Waals surface area contributed by atoms with Gasteiger partial charge in [0.1, 0.15) is 5.75 Å². The third-order valence-electron chi connectivity index (χ3n) is 4.43. The maximum atomic E-state index is 12.5. The van der Waals surface area contributed by atoms with Crippen LogP contribution in [0, 0.1) is 0 Å². The summed E-state index contributed by atoms with van der Waals surface area (Å²) >= 11 is 0. The summed E-state index contributed by atoms with van der Waals surface area (Å²) in [6.45, 7) is 4.30. The lowest BCUT2D eigenvalue weighted by atomic mass is 10.1. The minimum atomic E-state index is 0.103. The number of piperazine rings is 1. The van der Waals surface area contributed by atoms with E-state index in [2.05, 4.69) is 34.8 Å². The smallest absolute Gasteiger partial charge is 0.253 e. The zero-order valence-electron chi connectivity index (χ0n) is 13.7. The number of carbonyl (C=O) groups excluding carboxylic acids is 1. The van der Waals surface area contributed by atoms with Crippen LogP contribution < -0.4 is 4.74 Å². The van der Waals surface area contributed by atoms with E-state index in [0.29, 0.717) is 0 Å². The van der Waals surface area contributed by atoms with Gasteiger partial charge in [-0.15, -0.1) is 0 Å². The number of aromatic nitrogens is 1. The molecule has 3 rings (SSSR count). The van der Waals surface area contributed by atoms with Gasteiger partial charge in [-0.05, 0) is 36.4 Å². The Hall–Kier alpha value is -2.27. The summed E-state index contributed by atoms with van der Waals surface area (Å²) in [6.07, 6.45) is 2.07. The van der Waals surface area contributed by atoms with E-state index in [1.165, 1.54) is 5.69 Å². The van der Waals surface area contributed by atoms with Crippen LogP contribution in [0.4, 0.5) is 0 Å². The van der Waals surface area contributed by atoms with Crippen molar-refractivity contribution < 1.29 is 9.53 Å². The first-order valence-corrected chi connectivity index (χ1v) is 7.93. The molecule has 0 bridgehead atoms. The Labute approximate surface area is 137 Å². The van der Waals surface area contributed by atoms with Crippen LogP contribution in [-0.4, -0.2) is 53.6 Å². The first kappa shape index (κ1) is 15.6. The van der Waals surface area contributed by atoms with Crippen LogP contribution >= 0.6 is 0 Å². The average molecular weight is 313 g/mol. The van der Waals surface area contributed by atoms with Gasteiger partial charge in [0.25, 0.3) is 5.91 Å². The molecule has 5 nitrogen and oxygen atoms in total. The van der Waals surface area contributed by atoms with E-state index in [1.54, 1.807) is 7.11 Å². The van der Waals surface area contributed by atoms with Gasteiger partial charge in [0.15, 0.2) is 0 Å². The Morgan fingerprint density at radius 1 is 1.09 bits per heavy atom. The van der Waals surface area contributed by atoms with E-state index in [0.717, 1.165) is 44.0 Å². The highest BCUT2D eigenvalue weighted by atomic mass is 16.5. The quantitative estimate of drug-likeness (QED) is 0.866. The van der Waals surface area contributed by atoms with E-state index < -0.39 is 0 Å². The number of benzene rings is 1. The van der Waals surface area contributed by atoms with Gasteiger partial charge in [-0.2, -0.15) is 0 Å². The summed E-state index contributed by atoms with van der Waals surface area (Å²) in [6, 6.07) is 11.5. The summed E-state index contributed by atoms with van der Waals surface area (Å²) in [5, 5.41) is 0. The highest BCUT2D eigenvalue weighted by Crippen LogP contribution is 2.15. The van der Waals surface area contributed by atoms with Crippen LogP contribution in [0.1, 0.15) is 16.1 Å². The number of hydrogen-bond acceptors (Lipinski definition) is 3. The summed E-state index contributed by atoms with van der Waals surface area (Å²) in [7, 11) is 3.70. The first-order chi connectivity index (χ1) is 11.2. The highest BCUT2D eigenvalue weighted by Gasteiger charge is 2.22. The van der Waals surface area contributed by atoms with Crippen molar-refractivity contribution in [1.82, 2.24) is 14.4 Å². The van der Waals surface area contributed by atoms with Gasteiger partial charge in [0.05, 0.1) is 7.11 Å². The van der Waals surface area contributed by atoms with Gasteiger partial charge < -0.3 is 14.2 Å². The van der Waals surface area contributed by atoms with Crippen LogP contribution in [-0.2, 0) is 13.6 Å². The predicted molar refractivity (Wildman–Crippen MR) is 89.6 cm³/mol.